The van der Waals surface area contributed by atoms with Crippen LogP contribution >= 0.6 is 59.7 Å². The molecule has 3 rings (SSSR count). The second-order valence-corrected chi connectivity index (χ2v) is 11.5. The molecule has 0 aliphatic carbocycles. The van der Waals surface area contributed by atoms with Crippen LogP contribution in [0.25, 0.3) is 0 Å². The third-order valence-corrected chi connectivity index (χ3v) is 9.85. The summed E-state index contributed by atoms with van der Waals surface area (Å²) < 4.78 is 4.71. The van der Waals surface area contributed by atoms with Gasteiger partial charge >= 0.3 is 0 Å². The fraction of sp³-hybridized carbons (Fsp3) is 0.773. The van der Waals surface area contributed by atoms with Crippen molar-refractivity contribution in [3.8, 4) is 0 Å². The van der Waals surface area contributed by atoms with Crippen molar-refractivity contribution in [2.24, 2.45) is 15.9 Å². The monoisotopic (exact) mass is 542 g/mol. The zero-order valence-electron chi connectivity index (χ0n) is 19.4. The molecule has 3 aliphatic heterocycles. The van der Waals surface area contributed by atoms with Gasteiger partial charge in [-0.1, -0.05) is 45.4 Å². The van der Waals surface area contributed by atoms with E-state index < -0.39 is 0 Å². The Balaban J connectivity index is 1.70. The third-order valence-electron chi connectivity index (χ3n) is 6.17. The summed E-state index contributed by atoms with van der Waals surface area (Å²) >= 11 is 21.4. The maximum atomic E-state index is 5.99. The quantitative estimate of drug-likeness (QED) is 0.156. The lowest BCUT2D eigenvalue weighted by Crippen LogP contribution is -2.56. The second-order valence-electron chi connectivity index (χ2n) is 8.61. The molecule has 0 aromatic carbocycles. The lowest BCUT2D eigenvalue weighted by atomic mass is 9.97. The molecule has 0 amide bonds. The van der Waals surface area contributed by atoms with Crippen molar-refractivity contribution in [1.82, 2.24) is 18.4 Å². The van der Waals surface area contributed by atoms with E-state index in [0.717, 1.165) is 49.2 Å². The van der Waals surface area contributed by atoms with Crippen LogP contribution in [0.3, 0.4) is 0 Å². The van der Waals surface area contributed by atoms with Crippen molar-refractivity contribution in [3.63, 3.8) is 0 Å². The normalized spacial score (nSPS) is 21.4. The molecule has 1 saturated heterocycles. The molecule has 0 spiro atoms. The van der Waals surface area contributed by atoms with E-state index in [0.29, 0.717) is 19.0 Å². The maximum absolute atomic E-state index is 5.99. The molecule has 3 heterocycles. The summed E-state index contributed by atoms with van der Waals surface area (Å²) in [6.45, 7) is 7.31. The van der Waals surface area contributed by atoms with Gasteiger partial charge in [-0.05, 0) is 74.1 Å². The largest absolute Gasteiger partial charge is 0.296 e. The Morgan fingerprint density at radius 2 is 1.33 bits per heavy atom. The van der Waals surface area contributed by atoms with Crippen LogP contribution < -0.4 is 0 Å². The second kappa shape index (κ2) is 13.9. The molecule has 0 atom stereocenters. The summed E-state index contributed by atoms with van der Waals surface area (Å²) in [6, 6.07) is 0. The van der Waals surface area contributed by atoms with Crippen LogP contribution in [-0.4, -0.2) is 83.3 Å². The molecule has 0 unspecified atom stereocenters. The first kappa shape index (κ1) is 26.8. The first-order valence-electron chi connectivity index (χ1n) is 12.0. The highest BCUT2D eigenvalue weighted by Gasteiger charge is 2.50. The van der Waals surface area contributed by atoms with Crippen LogP contribution in [0.15, 0.2) is 9.98 Å². The molecule has 1 fully saturated rings. The van der Waals surface area contributed by atoms with Gasteiger partial charge < -0.3 is 0 Å². The van der Waals surface area contributed by atoms with Gasteiger partial charge in [0.25, 0.3) is 0 Å². The molecule has 3 aliphatic rings. The average molecular weight is 543 g/mol. The van der Waals surface area contributed by atoms with E-state index in [1.807, 2.05) is 0 Å². The van der Waals surface area contributed by atoms with Gasteiger partial charge in [-0.15, -0.1) is 0 Å². The van der Waals surface area contributed by atoms with E-state index in [-0.39, 0.29) is 10.9 Å². The number of hydrogen-bond acceptors (Lipinski definition) is 6. The number of aliphatic imine (C=N–C) groups is 2. The molecular weight excluding hydrogens is 509 g/mol. The molecule has 6 nitrogen and oxygen atoms in total. The van der Waals surface area contributed by atoms with E-state index in [1.165, 1.54) is 50.1 Å². The van der Waals surface area contributed by atoms with Crippen LogP contribution in [0.5, 0.6) is 0 Å². The number of isothiocyanates is 2. The Hall–Kier alpha value is -0.800. The summed E-state index contributed by atoms with van der Waals surface area (Å²) in [6.07, 6.45) is 11.0. The Kier molecular flexibility index (Phi) is 11.3. The van der Waals surface area contributed by atoms with E-state index in [1.54, 1.807) is 0 Å². The molecule has 11 heteroatoms. The minimum absolute atomic E-state index is 0.273. The number of rotatable bonds is 15. The van der Waals surface area contributed by atoms with E-state index in [2.05, 4.69) is 45.6 Å². The highest BCUT2D eigenvalue weighted by atomic mass is 32.2. The van der Waals surface area contributed by atoms with Crippen molar-refractivity contribution in [2.75, 3.05) is 39.3 Å². The highest BCUT2D eigenvalue weighted by molar-refractivity contribution is 8.14. The minimum atomic E-state index is -0.273. The minimum Gasteiger partial charge on any atom is -0.296 e. The van der Waals surface area contributed by atoms with Gasteiger partial charge in [-0.3, -0.25) is 18.4 Å². The molecule has 0 aromatic rings. The van der Waals surface area contributed by atoms with Crippen LogP contribution in [0.1, 0.15) is 64.7 Å². The number of unbranched alkanes of at least 4 members (excludes halogenated alkanes) is 5. The van der Waals surface area contributed by atoms with Crippen LogP contribution in [0, 0.1) is 5.92 Å². The highest BCUT2D eigenvalue weighted by Crippen LogP contribution is 2.45. The topological polar surface area (TPSA) is 37.7 Å². The maximum Gasteiger partial charge on any atom is 0.188 e. The Morgan fingerprint density at radius 1 is 0.818 bits per heavy atom. The number of hydrogen-bond donors (Lipinski definition) is 0. The zero-order valence-corrected chi connectivity index (χ0v) is 23.5. The predicted octanol–water partition coefficient (Wildman–Crippen LogP) is 5.34. The molecule has 0 radical (unpaired) electrons. The Labute approximate surface area is 222 Å². The lowest BCUT2D eigenvalue weighted by Gasteiger charge is -2.40. The van der Waals surface area contributed by atoms with Crippen LogP contribution in [0.2, 0.25) is 0 Å². The van der Waals surface area contributed by atoms with Gasteiger partial charge in [0.2, 0.25) is 0 Å². The molecule has 0 saturated carbocycles. The van der Waals surface area contributed by atoms with Crippen LogP contribution in [0.4, 0.5) is 0 Å². The summed E-state index contributed by atoms with van der Waals surface area (Å²) in [4.78, 5) is 12.9. The fourth-order valence-corrected chi connectivity index (χ4v) is 8.24. The Morgan fingerprint density at radius 3 is 1.85 bits per heavy atom. The van der Waals surface area contributed by atoms with Gasteiger partial charge in [0.15, 0.2) is 15.3 Å². The number of thiocarbonyl (C=S) groups is 4. The first-order chi connectivity index (χ1) is 16.1. The first-order valence-corrected chi connectivity index (χ1v) is 14.8. The van der Waals surface area contributed by atoms with Gasteiger partial charge in [0.1, 0.15) is 0 Å². The van der Waals surface area contributed by atoms with Crippen molar-refractivity contribution in [3.05, 3.63) is 0 Å². The summed E-state index contributed by atoms with van der Waals surface area (Å²) in [7, 11) is -0.273. The SMILES string of the molecule is CCCCCCCCC1CN2C(=S)N(CCCN=C=S)S3=C2N(C1)C(=S)N3CCCN=C=S. The van der Waals surface area contributed by atoms with E-state index in [9.17, 15) is 0 Å². The van der Waals surface area contributed by atoms with Gasteiger partial charge in [0.05, 0.1) is 34.3 Å². The smallest absolute Gasteiger partial charge is 0.188 e. The molecule has 0 bridgehead atoms. The number of nitrogens with zero attached hydrogens (tertiary/aromatic N) is 6. The summed E-state index contributed by atoms with van der Waals surface area (Å²) in [5.74, 6) is 0.583. The van der Waals surface area contributed by atoms with Crippen LogP contribution in [-0.2, 0) is 0 Å². The average Bonchev–Trinajstić information content (AvgIpc) is 3.25. The molecular formula is C22H34N6S5. The van der Waals surface area contributed by atoms with Gasteiger partial charge in [-0.25, -0.2) is 9.98 Å². The predicted molar refractivity (Wildman–Crippen MR) is 155 cm³/mol. The van der Waals surface area contributed by atoms with Crippen molar-refractivity contribution < 1.29 is 0 Å². The molecule has 0 N–H and O–H groups in total. The van der Waals surface area contributed by atoms with Gasteiger partial charge in [0, 0.05) is 26.2 Å². The summed E-state index contributed by atoms with van der Waals surface area (Å²) in [5, 5.41) is 8.07. The van der Waals surface area contributed by atoms with E-state index >= 15 is 0 Å². The van der Waals surface area contributed by atoms with Gasteiger partial charge in [-0.2, -0.15) is 0 Å². The van der Waals surface area contributed by atoms with Crippen molar-refractivity contribution in [2.45, 2.75) is 64.7 Å². The third kappa shape index (κ3) is 6.66. The zero-order chi connectivity index (χ0) is 23.6. The standard InChI is InChI=1S/C22H34N6S5/c1-2-3-4-5-6-7-10-19-15-25-20(31)27(13-8-11-23-17-29)33-22(25)26(16-19)21(32)28(33)14-9-12-24-18-30/h19H,2-16H2,1H3. The lowest BCUT2D eigenvalue weighted by molar-refractivity contribution is 0.281. The fourth-order valence-electron chi connectivity index (χ4n) is 4.56. The molecule has 0 aromatic heterocycles. The van der Waals surface area contributed by atoms with Crippen molar-refractivity contribution >= 4 is 85.4 Å². The van der Waals surface area contributed by atoms with Crippen molar-refractivity contribution in [1.29, 1.82) is 0 Å². The molecule has 33 heavy (non-hydrogen) atoms. The molecule has 182 valence electrons. The van der Waals surface area contributed by atoms with E-state index in [4.69, 9.17) is 48.9 Å². The summed E-state index contributed by atoms with van der Waals surface area (Å²) in [5.41, 5.74) is 0. The Bertz CT molecular complexity index is 790.